The lowest BCUT2D eigenvalue weighted by Crippen LogP contribution is -2.26. The van der Waals surface area contributed by atoms with Crippen molar-refractivity contribution >= 4 is 17.4 Å². The number of ether oxygens (including phenoxy) is 1. The van der Waals surface area contributed by atoms with Gasteiger partial charge in [-0.3, -0.25) is 4.99 Å². The zero-order valence-corrected chi connectivity index (χ0v) is 12.7. The van der Waals surface area contributed by atoms with Crippen LogP contribution in [-0.2, 0) is 4.74 Å². The van der Waals surface area contributed by atoms with Gasteiger partial charge in [-0.1, -0.05) is 25.1 Å². The summed E-state index contributed by atoms with van der Waals surface area (Å²) in [7, 11) is 0. The molecular weight excluding hydrogens is 278 g/mol. The Morgan fingerprint density at radius 2 is 2.25 bits per heavy atom. The molecule has 6 heteroatoms. The summed E-state index contributed by atoms with van der Waals surface area (Å²) in [6.45, 7) is 8.51. The van der Waals surface area contributed by atoms with Gasteiger partial charge in [0.05, 0.1) is 29.6 Å². The van der Waals surface area contributed by atoms with E-state index in [-0.39, 0.29) is 22.2 Å². The number of nitrogens with zero attached hydrogens (tertiary/aromatic N) is 1. The van der Waals surface area contributed by atoms with Gasteiger partial charge in [0.25, 0.3) is 0 Å². The van der Waals surface area contributed by atoms with Gasteiger partial charge in [-0.05, 0) is 19.4 Å². The number of aliphatic hydroxyl groups is 1. The van der Waals surface area contributed by atoms with Gasteiger partial charge in [-0.15, -0.1) is 0 Å². The summed E-state index contributed by atoms with van der Waals surface area (Å²) in [5.74, 6) is 1.01. The van der Waals surface area contributed by atoms with E-state index in [0.29, 0.717) is 18.7 Å². The van der Waals surface area contributed by atoms with Crippen molar-refractivity contribution < 1.29 is 9.84 Å². The fourth-order valence-electron chi connectivity index (χ4n) is 2.06. The first-order chi connectivity index (χ1) is 9.29. The highest BCUT2D eigenvalue weighted by Gasteiger charge is 2.35. The fraction of sp³-hybridized carbons (Fsp3) is 0.500. The maximum absolute atomic E-state index is 9.61. The van der Waals surface area contributed by atoms with Crippen LogP contribution in [-0.4, -0.2) is 24.1 Å². The van der Waals surface area contributed by atoms with Gasteiger partial charge >= 0.3 is 0 Å². The molecule has 20 heavy (non-hydrogen) atoms. The molecule has 0 radical (unpaired) electrons. The van der Waals surface area contributed by atoms with Gasteiger partial charge in [-0.2, -0.15) is 0 Å². The van der Waals surface area contributed by atoms with E-state index >= 15 is 0 Å². The van der Waals surface area contributed by atoms with Gasteiger partial charge in [0.2, 0.25) is 0 Å². The Bertz CT molecular complexity index is 475. The van der Waals surface area contributed by atoms with Crippen LogP contribution in [0.3, 0.4) is 0 Å². The minimum Gasteiger partial charge on any atom is -0.512 e. The van der Waals surface area contributed by atoms with Crippen LogP contribution in [0.4, 0.5) is 0 Å². The number of amidine groups is 1. The SMILES string of the molecule is C=C1CC(CC)(CN=C(N)C(/C=C(\N)Cl)=C(C)O)CO1. The van der Waals surface area contributed by atoms with Crippen molar-refractivity contribution in [3.8, 4) is 0 Å². The van der Waals surface area contributed by atoms with E-state index in [1.54, 1.807) is 0 Å². The van der Waals surface area contributed by atoms with Crippen LogP contribution < -0.4 is 11.5 Å². The number of hydrogen-bond donors (Lipinski definition) is 3. The molecule has 0 aromatic rings. The number of halogens is 1. The van der Waals surface area contributed by atoms with Crippen molar-refractivity contribution in [2.75, 3.05) is 13.2 Å². The third-order valence-electron chi connectivity index (χ3n) is 3.44. The molecule has 0 aromatic heterocycles. The Hall–Kier alpha value is -1.62. The van der Waals surface area contributed by atoms with Crippen LogP contribution in [0.1, 0.15) is 26.7 Å². The summed E-state index contributed by atoms with van der Waals surface area (Å²) in [6.07, 6.45) is 3.07. The second-order valence-electron chi connectivity index (χ2n) is 5.09. The number of rotatable bonds is 5. The molecule has 0 amide bonds. The van der Waals surface area contributed by atoms with Crippen molar-refractivity contribution in [1.82, 2.24) is 0 Å². The zero-order valence-electron chi connectivity index (χ0n) is 11.9. The largest absolute Gasteiger partial charge is 0.512 e. The highest BCUT2D eigenvalue weighted by molar-refractivity contribution is 6.29. The van der Waals surface area contributed by atoms with Crippen molar-refractivity contribution in [3.63, 3.8) is 0 Å². The van der Waals surface area contributed by atoms with Crippen molar-refractivity contribution in [1.29, 1.82) is 0 Å². The maximum Gasteiger partial charge on any atom is 0.129 e. The van der Waals surface area contributed by atoms with Crippen LogP contribution in [0, 0.1) is 5.41 Å². The second kappa shape index (κ2) is 6.70. The normalized spacial score (nSPS) is 25.4. The minimum absolute atomic E-state index is 0.0208. The molecule has 1 rings (SSSR count). The zero-order chi connectivity index (χ0) is 15.3. The first-order valence-electron chi connectivity index (χ1n) is 6.43. The Kier molecular flexibility index (Phi) is 5.51. The van der Waals surface area contributed by atoms with E-state index in [1.165, 1.54) is 13.0 Å². The molecule has 1 saturated heterocycles. The maximum atomic E-state index is 9.61. The predicted octanol–water partition coefficient (Wildman–Crippen LogP) is 2.54. The quantitative estimate of drug-likeness (QED) is 0.239. The highest BCUT2D eigenvalue weighted by atomic mass is 35.5. The first kappa shape index (κ1) is 16.4. The molecule has 0 bridgehead atoms. The summed E-state index contributed by atoms with van der Waals surface area (Å²) in [4.78, 5) is 4.35. The number of aliphatic hydroxyl groups excluding tert-OH is 1. The van der Waals surface area contributed by atoms with E-state index < -0.39 is 0 Å². The Morgan fingerprint density at radius 1 is 1.60 bits per heavy atom. The molecule has 1 aliphatic heterocycles. The summed E-state index contributed by atoms with van der Waals surface area (Å²) in [6, 6.07) is 0. The average Bonchev–Trinajstić information content (AvgIpc) is 2.75. The molecule has 1 aliphatic rings. The molecule has 1 heterocycles. The summed E-state index contributed by atoms with van der Waals surface area (Å²) in [5, 5.41) is 9.64. The van der Waals surface area contributed by atoms with Gasteiger partial charge < -0.3 is 21.3 Å². The molecule has 1 unspecified atom stereocenters. The molecule has 112 valence electrons. The van der Waals surface area contributed by atoms with Crippen molar-refractivity contribution in [2.24, 2.45) is 21.9 Å². The molecule has 1 fully saturated rings. The van der Waals surface area contributed by atoms with Gasteiger partial charge in [0.15, 0.2) is 0 Å². The monoisotopic (exact) mass is 299 g/mol. The van der Waals surface area contributed by atoms with E-state index in [2.05, 4.69) is 18.5 Å². The van der Waals surface area contributed by atoms with Gasteiger partial charge in [0.1, 0.15) is 11.6 Å². The molecule has 1 atom stereocenters. The Balaban J connectivity index is 2.91. The lowest BCUT2D eigenvalue weighted by atomic mass is 9.84. The van der Waals surface area contributed by atoms with E-state index in [4.69, 9.17) is 27.8 Å². The molecule has 5 nitrogen and oxygen atoms in total. The number of hydrogen-bond acceptors (Lipinski definition) is 4. The fourth-order valence-corrected chi connectivity index (χ4v) is 2.16. The van der Waals surface area contributed by atoms with E-state index in [0.717, 1.165) is 18.6 Å². The third-order valence-corrected chi connectivity index (χ3v) is 3.55. The molecule has 0 saturated carbocycles. The number of nitrogens with two attached hydrogens (primary N) is 2. The number of allylic oxidation sites excluding steroid dienone is 2. The lowest BCUT2D eigenvalue weighted by Gasteiger charge is -2.22. The molecule has 0 spiro atoms. The molecule has 0 aromatic carbocycles. The molecular formula is C14H22ClN3O2. The average molecular weight is 300 g/mol. The Labute approximate surface area is 124 Å². The molecule has 0 aliphatic carbocycles. The molecule has 5 N–H and O–H groups in total. The smallest absolute Gasteiger partial charge is 0.129 e. The first-order valence-corrected chi connectivity index (χ1v) is 6.81. The second-order valence-corrected chi connectivity index (χ2v) is 5.52. The minimum atomic E-state index is -0.0770. The van der Waals surface area contributed by atoms with Crippen LogP contribution in [0.5, 0.6) is 0 Å². The topological polar surface area (TPSA) is 93.9 Å². The van der Waals surface area contributed by atoms with Gasteiger partial charge in [0, 0.05) is 11.8 Å². The van der Waals surface area contributed by atoms with Crippen molar-refractivity contribution in [3.05, 3.63) is 34.9 Å². The predicted molar refractivity (Wildman–Crippen MR) is 82.4 cm³/mol. The third kappa shape index (κ3) is 4.20. The van der Waals surface area contributed by atoms with Crippen molar-refractivity contribution in [2.45, 2.75) is 26.7 Å². The highest BCUT2D eigenvalue weighted by Crippen LogP contribution is 2.37. The standard InChI is InChI=1S/C14H22ClN3O2/c1-4-14(6-9(2)20-8-14)7-18-13(17)11(10(3)19)5-12(15)16/h5,19H,2,4,6-8,16H2,1,3H3,(H2,17,18)/b11-10?,12-5-. The van der Waals surface area contributed by atoms with Crippen LogP contribution in [0.25, 0.3) is 0 Å². The van der Waals surface area contributed by atoms with E-state index in [9.17, 15) is 5.11 Å². The van der Waals surface area contributed by atoms with E-state index in [1.807, 2.05) is 0 Å². The lowest BCUT2D eigenvalue weighted by molar-refractivity contribution is 0.183. The summed E-state index contributed by atoms with van der Waals surface area (Å²) in [5.41, 5.74) is 11.6. The Morgan fingerprint density at radius 3 is 2.65 bits per heavy atom. The van der Waals surface area contributed by atoms with Crippen LogP contribution in [0.2, 0.25) is 0 Å². The van der Waals surface area contributed by atoms with Gasteiger partial charge in [-0.25, -0.2) is 0 Å². The van der Waals surface area contributed by atoms with Crippen LogP contribution in [0.15, 0.2) is 39.9 Å². The summed E-state index contributed by atoms with van der Waals surface area (Å²) >= 11 is 5.61. The van der Waals surface area contributed by atoms with Crippen LogP contribution >= 0.6 is 11.6 Å². The summed E-state index contributed by atoms with van der Waals surface area (Å²) < 4.78 is 5.45. The number of aliphatic imine (C=N–C) groups is 1.